The first-order valence-electron chi connectivity index (χ1n) is 6.58. The maximum atomic E-state index is 5.23. The summed E-state index contributed by atoms with van der Waals surface area (Å²) in [4.78, 5) is 12.8. The highest BCUT2D eigenvalue weighted by Gasteiger charge is 2.08. The lowest BCUT2D eigenvalue weighted by Gasteiger charge is -2.13. The summed E-state index contributed by atoms with van der Waals surface area (Å²) in [7, 11) is 1.70. The first-order valence-corrected chi connectivity index (χ1v) is 6.58. The Labute approximate surface area is 147 Å². The quantitative estimate of drug-likeness (QED) is 0.347. The van der Waals surface area contributed by atoms with Gasteiger partial charge in [0.2, 0.25) is 0 Å². The van der Waals surface area contributed by atoms with Crippen molar-refractivity contribution in [3.05, 3.63) is 42.1 Å². The lowest BCUT2D eigenvalue weighted by Crippen LogP contribution is -2.37. The van der Waals surface area contributed by atoms with Crippen LogP contribution in [0, 0.1) is 19.3 Å². The van der Waals surface area contributed by atoms with Crippen molar-refractivity contribution in [2.75, 3.05) is 13.6 Å². The van der Waals surface area contributed by atoms with Crippen LogP contribution in [0.2, 0.25) is 0 Å². The highest BCUT2D eigenvalue weighted by Crippen LogP contribution is 2.12. The van der Waals surface area contributed by atoms with Crippen LogP contribution in [0.25, 0.3) is 5.82 Å². The Kier molecular flexibility index (Phi) is 7.39. The SMILES string of the molecule is C#CCNC(=NC)NCc1cccnc1-n1ccnc1C.I. The van der Waals surface area contributed by atoms with Crippen LogP contribution in [0.4, 0.5) is 0 Å². The number of halogens is 1. The van der Waals surface area contributed by atoms with Crippen LogP contribution < -0.4 is 10.6 Å². The summed E-state index contributed by atoms with van der Waals surface area (Å²) in [6.45, 7) is 2.96. The summed E-state index contributed by atoms with van der Waals surface area (Å²) in [5, 5.41) is 6.23. The standard InChI is InChI=1S/C15H18N6.HI/c1-4-7-19-15(16-3)20-11-13-6-5-8-18-14(13)21-10-9-17-12(21)2;/h1,5-6,8-10H,7,11H2,2-3H3,(H2,16,19,20);1H. The summed E-state index contributed by atoms with van der Waals surface area (Å²) < 4.78 is 1.95. The number of guanidine groups is 1. The van der Waals surface area contributed by atoms with Crippen LogP contribution in [0.1, 0.15) is 11.4 Å². The van der Waals surface area contributed by atoms with Gasteiger partial charge in [-0.05, 0) is 13.0 Å². The molecule has 7 heteroatoms. The zero-order valence-corrected chi connectivity index (χ0v) is 14.9. The van der Waals surface area contributed by atoms with E-state index in [-0.39, 0.29) is 24.0 Å². The van der Waals surface area contributed by atoms with Gasteiger partial charge in [0.1, 0.15) is 11.6 Å². The van der Waals surface area contributed by atoms with Crippen molar-refractivity contribution in [1.29, 1.82) is 0 Å². The van der Waals surface area contributed by atoms with Gasteiger partial charge in [0.15, 0.2) is 5.96 Å². The molecule has 2 aromatic heterocycles. The van der Waals surface area contributed by atoms with Gasteiger partial charge in [0.25, 0.3) is 0 Å². The predicted molar refractivity (Wildman–Crippen MR) is 98.5 cm³/mol. The smallest absolute Gasteiger partial charge is 0.192 e. The maximum Gasteiger partial charge on any atom is 0.192 e. The number of imidazole rings is 1. The van der Waals surface area contributed by atoms with E-state index >= 15 is 0 Å². The molecule has 0 saturated carbocycles. The fourth-order valence-corrected chi connectivity index (χ4v) is 1.92. The van der Waals surface area contributed by atoms with E-state index < -0.39 is 0 Å². The monoisotopic (exact) mass is 410 g/mol. The minimum Gasteiger partial charge on any atom is -0.352 e. The van der Waals surface area contributed by atoms with E-state index in [0.717, 1.165) is 17.2 Å². The molecule has 0 aliphatic carbocycles. The molecule has 0 unspecified atom stereocenters. The molecule has 6 nitrogen and oxygen atoms in total. The minimum absolute atomic E-state index is 0. The summed E-state index contributed by atoms with van der Waals surface area (Å²) >= 11 is 0. The van der Waals surface area contributed by atoms with E-state index in [1.54, 1.807) is 19.4 Å². The number of aryl methyl sites for hydroxylation is 1. The second-order valence-electron chi connectivity index (χ2n) is 4.31. The van der Waals surface area contributed by atoms with Crippen molar-refractivity contribution in [2.45, 2.75) is 13.5 Å². The van der Waals surface area contributed by atoms with Crippen molar-refractivity contribution in [1.82, 2.24) is 25.2 Å². The van der Waals surface area contributed by atoms with Gasteiger partial charge in [0, 0.05) is 37.7 Å². The molecule has 0 aromatic carbocycles. The molecule has 0 aliphatic heterocycles. The molecule has 2 heterocycles. The largest absolute Gasteiger partial charge is 0.352 e. The number of hydrogen-bond acceptors (Lipinski definition) is 3. The van der Waals surface area contributed by atoms with Crippen molar-refractivity contribution in [3.8, 4) is 18.2 Å². The first-order chi connectivity index (χ1) is 10.3. The number of aromatic nitrogens is 3. The van der Waals surface area contributed by atoms with Gasteiger partial charge in [-0.3, -0.25) is 9.56 Å². The van der Waals surface area contributed by atoms with E-state index in [1.807, 2.05) is 29.8 Å². The zero-order valence-electron chi connectivity index (χ0n) is 12.6. The molecule has 0 saturated heterocycles. The molecule has 2 N–H and O–H groups in total. The molecule has 116 valence electrons. The van der Waals surface area contributed by atoms with Gasteiger partial charge in [-0.15, -0.1) is 30.4 Å². The number of nitrogens with zero attached hydrogens (tertiary/aromatic N) is 4. The third-order valence-electron chi connectivity index (χ3n) is 2.95. The summed E-state index contributed by atoms with van der Waals surface area (Å²) in [5.41, 5.74) is 1.04. The van der Waals surface area contributed by atoms with Gasteiger partial charge in [-0.1, -0.05) is 12.0 Å². The van der Waals surface area contributed by atoms with Crippen molar-refractivity contribution in [2.24, 2.45) is 4.99 Å². The molecule has 0 aliphatic rings. The number of pyridine rings is 1. The van der Waals surface area contributed by atoms with Crippen LogP contribution in [-0.4, -0.2) is 34.1 Å². The van der Waals surface area contributed by atoms with Gasteiger partial charge in [-0.25, -0.2) is 9.97 Å². The Bertz CT molecular complexity index is 671. The van der Waals surface area contributed by atoms with Gasteiger partial charge < -0.3 is 10.6 Å². The Balaban J connectivity index is 0.00000242. The highest BCUT2D eigenvalue weighted by molar-refractivity contribution is 14.0. The molecular weight excluding hydrogens is 391 g/mol. The number of nitrogens with one attached hydrogen (secondary N) is 2. The maximum absolute atomic E-state index is 5.23. The van der Waals surface area contributed by atoms with E-state index in [2.05, 4.69) is 31.5 Å². The summed E-state index contributed by atoms with van der Waals surface area (Å²) in [5.74, 6) is 4.92. The van der Waals surface area contributed by atoms with Crippen LogP contribution in [0.5, 0.6) is 0 Å². The topological polar surface area (TPSA) is 67.1 Å². The third kappa shape index (κ3) is 4.46. The van der Waals surface area contributed by atoms with Crippen molar-refractivity contribution in [3.63, 3.8) is 0 Å². The molecule has 0 atom stereocenters. The molecular formula is C15H19IN6. The Morgan fingerprint density at radius 2 is 2.18 bits per heavy atom. The number of terminal acetylenes is 1. The van der Waals surface area contributed by atoms with E-state index in [1.165, 1.54) is 0 Å². The number of hydrogen-bond donors (Lipinski definition) is 2. The fraction of sp³-hybridized carbons (Fsp3) is 0.267. The molecule has 0 amide bonds. The summed E-state index contributed by atoms with van der Waals surface area (Å²) in [6, 6.07) is 3.92. The van der Waals surface area contributed by atoms with E-state index in [0.29, 0.717) is 19.0 Å². The molecule has 0 radical (unpaired) electrons. The average Bonchev–Trinajstić information content (AvgIpc) is 2.94. The lowest BCUT2D eigenvalue weighted by molar-refractivity contribution is 0.822. The van der Waals surface area contributed by atoms with E-state index in [9.17, 15) is 0 Å². The van der Waals surface area contributed by atoms with Crippen molar-refractivity contribution < 1.29 is 0 Å². The van der Waals surface area contributed by atoms with E-state index in [4.69, 9.17) is 6.42 Å². The molecule has 0 fully saturated rings. The average molecular weight is 410 g/mol. The zero-order chi connectivity index (χ0) is 15.1. The predicted octanol–water partition coefficient (Wildman–Crippen LogP) is 1.49. The molecule has 22 heavy (non-hydrogen) atoms. The third-order valence-corrected chi connectivity index (χ3v) is 2.95. The highest BCUT2D eigenvalue weighted by atomic mass is 127. The van der Waals surface area contributed by atoms with Gasteiger partial charge in [-0.2, -0.15) is 0 Å². The Hall–Kier alpha value is -2.08. The Morgan fingerprint density at radius 1 is 1.36 bits per heavy atom. The van der Waals surface area contributed by atoms with Crippen LogP contribution in [-0.2, 0) is 6.54 Å². The number of aliphatic imine (C=N–C) groups is 1. The normalized spacial score (nSPS) is 10.5. The molecule has 2 rings (SSSR count). The first kappa shape index (κ1) is 18.0. The van der Waals surface area contributed by atoms with Crippen LogP contribution in [0.15, 0.2) is 35.7 Å². The molecule has 0 spiro atoms. The van der Waals surface area contributed by atoms with Crippen LogP contribution in [0.3, 0.4) is 0 Å². The van der Waals surface area contributed by atoms with Crippen molar-refractivity contribution >= 4 is 29.9 Å². The lowest BCUT2D eigenvalue weighted by atomic mass is 10.2. The molecule has 0 bridgehead atoms. The fourth-order valence-electron chi connectivity index (χ4n) is 1.92. The summed E-state index contributed by atoms with van der Waals surface area (Å²) in [6.07, 6.45) is 10.6. The second-order valence-corrected chi connectivity index (χ2v) is 4.31. The number of rotatable bonds is 4. The van der Waals surface area contributed by atoms with Gasteiger partial charge >= 0.3 is 0 Å². The van der Waals surface area contributed by atoms with Gasteiger partial charge in [0.05, 0.1) is 6.54 Å². The molecule has 2 aromatic rings. The minimum atomic E-state index is 0. The van der Waals surface area contributed by atoms with Crippen LogP contribution >= 0.6 is 24.0 Å². The Morgan fingerprint density at radius 3 is 2.82 bits per heavy atom. The second kappa shape index (κ2) is 9.04.